The summed E-state index contributed by atoms with van der Waals surface area (Å²) in [5.41, 5.74) is 2.66. The molecule has 19 heavy (non-hydrogen) atoms. The van der Waals surface area contributed by atoms with E-state index in [2.05, 4.69) is 0 Å². The Kier molecular flexibility index (Phi) is 2.78. The second kappa shape index (κ2) is 4.46. The number of hydrogen-bond acceptors (Lipinski definition) is 1. The van der Waals surface area contributed by atoms with Crippen LogP contribution in [0.25, 0.3) is 0 Å². The lowest BCUT2D eigenvalue weighted by molar-refractivity contribution is 0.419. The molecule has 1 aliphatic rings. The molecule has 1 N–H and O–H groups in total. The van der Waals surface area contributed by atoms with E-state index in [1.54, 1.807) is 6.07 Å². The van der Waals surface area contributed by atoms with E-state index < -0.39 is 11.6 Å². The Morgan fingerprint density at radius 3 is 2.58 bits per heavy atom. The molecule has 4 heteroatoms. The van der Waals surface area contributed by atoms with E-state index in [0.29, 0.717) is 24.5 Å². The van der Waals surface area contributed by atoms with Gasteiger partial charge < -0.3 is 4.90 Å². The molecule has 0 unspecified atom stereocenters. The van der Waals surface area contributed by atoms with Gasteiger partial charge in [-0.15, -0.1) is 0 Å². The second-order valence-electron chi connectivity index (χ2n) is 4.61. The summed E-state index contributed by atoms with van der Waals surface area (Å²) < 4.78 is 26.0. The smallest absolute Gasteiger partial charge is 0.159 e. The Labute approximate surface area is 109 Å². The third-order valence-corrected chi connectivity index (χ3v) is 3.31. The number of nitrogens with one attached hydrogen (secondary N) is 1. The zero-order valence-corrected chi connectivity index (χ0v) is 10.2. The number of amidine groups is 1. The predicted molar refractivity (Wildman–Crippen MR) is 68.9 cm³/mol. The van der Waals surface area contributed by atoms with Gasteiger partial charge in [0, 0.05) is 18.7 Å². The van der Waals surface area contributed by atoms with E-state index in [1.807, 2.05) is 29.2 Å². The van der Waals surface area contributed by atoms with E-state index in [-0.39, 0.29) is 0 Å². The zero-order chi connectivity index (χ0) is 13.4. The summed E-state index contributed by atoms with van der Waals surface area (Å²) in [5.74, 6) is -1.26. The van der Waals surface area contributed by atoms with Crippen molar-refractivity contribution in [3.05, 3.63) is 70.8 Å². The molecule has 0 saturated carbocycles. The first-order chi connectivity index (χ1) is 9.15. The van der Waals surface area contributed by atoms with Crippen LogP contribution in [0, 0.1) is 17.0 Å². The summed E-state index contributed by atoms with van der Waals surface area (Å²) in [7, 11) is 0. The van der Waals surface area contributed by atoms with E-state index in [4.69, 9.17) is 5.41 Å². The van der Waals surface area contributed by atoms with Crippen molar-refractivity contribution in [3.63, 3.8) is 0 Å². The summed E-state index contributed by atoms with van der Waals surface area (Å²) in [6.45, 7) is 1.04. The van der Waals surface area contributed by atoms with E-state index in [9.17, 15) is 8.78 Å². The number of fused-ring (bicyclic) bond motifs is 1. The number of rotatable bonds is 2. The SMILES string of the molecule is N=C1c2ccccc2CN1Cc1ccc(F)c(F)c1. The molecule has 0 fully saturated rings. The molecule has 1 aliphatic heterocycles. The molecule has 96 valence electrons. The Morgan fingerprint density at radius 1 is 1.05 bits per heavy atom. The molecule has 3 rings (SSSR count). The summed E-state index contributed by atoms with van der Waals surface area (Å²) in [4.78, 5) is 1.84. The maximum atomic E-state index is 13.2. The van der Waals surface area contributed by atoms with Crippen molar-refractivity contribution in [1.82, 2.24) is 4.90 Å². The number of hydrogen-bond donors (Lipinski definition) is 1. The number of benzene rings is 2. The number of nitrogens with zero attached hydrogens (tertiary/aromatic N) is 1. The van der Waals surface area contributed by atoms with E-state index in [1.165, 1.54) is 6.07 Å². The van der Waals surface area contributed by atoms with Gasteiger partial charge in [-0.05, 0) is 23.3 Å². The van der Waals surface area contributed by atoms with Crippen LogP contribution in [0.5, 0.6) is 0 Å². The molecule has 0 atom stereocenters. The van der Waals surface area contributed by atoms with Crippen LogP contribution in [-0.2, 0) is 13.1 Å². The van der Waals surface area contributed by atoms with Crippen LogP contribution >= 0.6 is 0 Å². The fourth-order valence-corrected chi connectivity index (χ4v) is 2.34. The molecule has 0 aliphatic carbocycles. The standard InChI is InChI=1S/C15H12F2N2/c16-13-6-5-10(7-14(13)17)8-19-9-11-3-1-2-4-12(11)15(19)18/h1-7,18H,8-9H2. The van der Waals surface area contributed by atoms with Crippen molar-refractivity contribution in [3.8, 4) is 0 Å². The van der Waals surface area contributed by atoms with Crippen LogP contribution in [-0.4, -0.2) is 10.7 Å². The summed E-state index contributed by atoms with van der Waals surface area (Å²) in [6.07, 6.45) is 0. The topological polar surface area (TPSA) is 27.1 Å². The van der Waals surface area contributed by atoms with Crippen molar-refractivity contribution >= 4 is 5.84 Å². The van der Waals surface area contributed by atoms with Crippen LogP contribution in [0.3, 0.4) is 0 Å². The Balaban J connectivity index is 1.83. The zero-order valence-electron chi connectivity index (χ0n) is 10.2. The highest BCUT2D eigenvalue weighted by molar-refractivity contribution is 6.00. The minimum atomic E-state index is -0.847. The molecule has 0 aromatic heterocycles. The van der Waals surface area contributed by atoms with Crippen molar-refractivity contribution in [1.29, 1.82) is 5.41 Å². The van der Waals surface area contributed by atoms with Crippen LogP contribution in [0.2, 0.25) is 0 Å². The second-order valence-corrected chi connectivity index (χ2v) is 4.61. The highest BCUT2D eigenvalue weighted by atomic mass is 19.2. The third-order valence-electron chi connectivity index (χ3n) is 3.31. The van der Waals surface area contributed by atoms with E-state index >= 15 is 0 Å². The fourth-order valence-electron chi connectivity index (χ4n) is 2.34. The van der Waals surface area contributed by atoms with Gasteiger partial charge in [0.2, 0.25) is 0 Å². The lowest BCUT2D eigenvalue weighted by Gasteiger charge is -2.18. The lowest BCUT2D eigenvalue weighted by atomic mass is 10.1. The molecule has 2 nitrogen and oxygen atoms in total. The molecule has 0 amide bonds. The van der Waals surface area contributed by atoms with Gasteiger partial charge in [0.05, 0.1) is 0 Å². The van der Waals surface area contributed by atoms with Gasteiger partial charge in [-0.3, -0.25) is 5.41 Å². The molecule has 0 spiro atoms. The van der Waals surface area contributed by atoms with Crippen LogP contribution in [0.15, 0.2) is 42.5 Å². The largest absolute Gasteiger partial charge is 0.348 e. The van der Waals surface area contributed by atoms with Gasteiger partial charge in [-0.1, -0.05) is 30.3 Å². The van der Waals surface area contributed by atoms with Crippen molar-refractivity contribution in [2.75, 3.05) is 0 Å². The molecular weight excluding hydrogens is 246 g/mol. The van der Waals surface area contributed by atoms with Gasteiger partial charge in [0.15, 0.2) is 11.6 Å². The molecular formula is C15H12F2N2. The fraction of sp³-hybridized carbons (Fsp3) is 0.133. The quantitative estimate of drug-likeness (QED) is 0.879. The van der Waals surface area contributed by atoms with Gasteiger partial charge in [-0.25, -0.2) is 8.78 Å². The van der Waals surface area contributed by atoms with Gasteiger partial charge in [-0.2, -0.15) is 0 Å². The first kappa shape index (κ1) is 11.8. The average Bonchev–Trinajstić information content (AvgIpc) is 2.72. The molecule has 0 saturated heterocycles. The normalized spacial score (nSPS) is 13.8. The van der Waals surface area contributed by atoms with Gasteiger partial charge in [0.25, 0.3) is 0 Å². The highest BCUT2D eigenvalue weighted by Gasteiger charge is 2.23. The molecule has 2 aromatic carbocycles. The maximum Gasteiger partial charge on any atom is 0.159 e. The third kappa shape index (κ3) is 2.10. The Bertz CT molecular complexity index is 652. The lowest BCUT2D eigenvalue weighted by Crippen LogP contribution is -2.23. The van der Waals surface area contributed by atoms with E-state index in [0.717, 1.165) is 17.2 Å². The first-order valence-electron chi connectivity index (χ1n) is 6.01. The summed E-state index contributed by atoms with van der Waals surface area (Å²) in [5, 5.41) is 8.09. The average molecular weight is 258 g/mol. The predicted octanol–water partition coefficient (Wildman–Crippen LogP) is 3.31. The van der Waals surface area contributed by atoms with Crippen LogP contribution < -0.4 is 0 Å². The molecule has 1 heterocycles. The van der Waals surface area contributed by atoms with Crippen LogP contribution in [0.4, 0.5) is 8.78 Å². The number of halogens is 2. The summed E-state index contributed by atoms with van der Waals surface area (Å²) >= 11 is 0. The molecule has 0 radical (unpaired) electrons. The molecule has 2 aromatic rings. The van der Waals surface area contributed by atoms with Crippen molar-refractivity contribution in [2.45, 2.75) is 13.1 Å². The van der Waals surface area contributed by atoms with Crippen molar-refractivity contribution in [2.24, 2.45) is 0 Å². The van der Waals surface area contributed by atoms with Crippen LogP contribution in [0.1, 0.15) is 16.7 Å². The Morgan fingerprint density at radius 2 is 1.84 bits per heavy atom. The minimum absolute atomic E-state index is 0.407. The monoisotopic (exact) mass is 258 g/mol. The minimum Gasteiger partial charge on any atom is -0.348 e. The first-order valence-corrected chi connectivity index (χ1v) is 6.01. The molecule has 0 bridgehead atoms. The highest BCUT2D eigenvalue weighted by Crippen LogP contribution is 2.24. The summed E-state index contributed by atoms with van der Waals surface area (Å²) in [6, 6.07) is 11.6. The van der Waals surface area contributed by atoms with Gasteiger partial charge in [0.1, 0.15) is 5.84 Å². The Hall–Kier alpha value is -2.23. The maximum absolute atomic E-state index is 13.2. The van der Waals surface area contributed by atoms with Crippen molar-refractivity contribution < 1.29 is 8.78 Å². The van der Waals surface area contributed by atoms with Gasteiger partial charge >= 0.3 is 0 Å².